The van der Waals surface area contributed by atoms with Crippen molar-refractivity contribution in [2.75, 3.05) is 49.7 Å². The minimum Gasteiger partial charge on any atom is -0.508 e. The molecular formula is C73H106N12O17S3. The number of unbranched alkanes of at least 4 members (excludes halogenated alkanes) is 4. The maximum atomic E-state index is 13.9. The molecule has 105 heavy (non-hydrogen) atoms. The van der Waals surface area contributed by atoms with Crippen LogP contribution in [-0.4, -0.2) is 180 Å². The summed E-state index contributed by atoms with van der Waals surface area (Å²) in [6, 6.07) is 10.7. The lowest BCUT2D eigenvalue weighted by atomic mass is 9.81. The zero-order chi connectivity index (χ0) is 77.1. The Balaban J connectivity index is 0.000000378. The van der Waals surface area contributed by atoms with E-state index in [4.69, 9.17) is 28.7 Å². The third-order valence-electron chi connectivity index (χ3n) is 18.7. The molecule has 11 unspecified atom stereocenters. The lowest BCUT2D eigenvalue weighted by molar-refractivity contribution is -0.138. The molecule has 2 fully saturated rings. The maximum Gasteiger partial charge on any atom is 0.329 e. The standard InChI is InChI=1S/C38H67N7O8S.C35H39N5O9S2/c1-25(22-46)18-31(49)26(10-6-7-15-39)20-32(50)27(11-9-17-43-37(40)41)21-33(51)28(23-47)19-29(48)12-3-2-8-16-42-35(52)14-5-4-13-34-36-30(24-54-34)44-38(53)45-36;1-18(41)12-20(4-10-30(36)45)27(43)14-21(5-11-31(37)46)28(44)15-22(13-19-2-7-24(42)8-3-19)32(47)38-23-6-9-25-29(16-23)51-34(39-25)33-40-26(17-50-33)35(48)49/h25-28,30,34,36,46-47H,2-24,39H2,1H3,(H,42,52)(H4,40,41,43)(H2,44,45,53);2-3,6-9,16,20-22,26,42H,4-5,10-15,17H2,1H3,(H2,36,45)(H2,37,46)(H,38,47)(H,48,49). The van der Waals surface area contributed by atoms with Crippen LogP contribution in [0.1, 0.15) is 179 Å². The van der Waals surface area contributed by atoms with Gasteiger partial charge in [-0.25, -0.2) is 14.6 Å². The van der Waals surface area contributed by atoms with Crippen molar-refractivity contribution in [2.24, 2.45) is 80.1 Å². The highest BCUT2D eigenvalue weighted by Crippen LogP contribution is 2.35. The van der Waals surface area contributed by atoms with Crippen LogP contribution in [-0.2, 0) is 64.0 Å². The maximum absolute atomic E-state index is 13.9. The molecule has 4 heterocycles. The van der Waals surface area contributed by atoms with Crippen LogP contribution in [0.25, 0.3) is 10.2 Å². The van der Waals surface area contributed by atoms with E-state index in [1.807, 2.05) is 11.8 Å². The number of rotatable bonds is 52. The van der Waals surface area contributed by atoms with Gasteiger partial charge in [0.15, 0.2) is 12.0 Å². The first-order valence-corrected chi connectivity index (χ1v) is 39.0. The smallest absolute Gasteiger partial charge is 0.329 e. The number of nitrogens with one attached hydrogen (secondary N) is 4. The number of phenols is 1. The van der Waals surface area contributed by atoms with Crippen LogP contribution in [0.4, 0.5) is 10.5 Å². The van der Waals surface area contributed by atoms with E-state index in [0.29, 0.717) is 102 Å². The molecule has 3 aliphatic heterocycles. The molecule has 0 aliphatic carbocycles. The molecule has 1 aromatic heterocycles. The van der Waals surface area contributed by atoms with Crippen molar-refractivity contribution in [3.8, 4) is 5.75 Å². The normalized spacial score (nSPS) is 17.9. The summed E-state index contributed by atoms with van der Waals surface area (Å²) in [4.78, 5) is 177. The van der Waals surface area contributed by atoms with Gasteiger partial charge >= 0.3 is 12.0 Å². The Kier molecular flexibility index (Phi) is 38.5. The molecule has 2 aromatic carbocycles. The largest absolute Gasteiger partial charge is 0.508 e. The fourth-order valence-corrected chi connectivity index (χ4v) is 16.4. The van der Waals surface area contributed by atoms with Gasteiger partial charge in [-0.2, -0.15) is 11.8 Å². The summed E-state index contributed by atoms with van der Waals surface area (Å²) in [6.07, 6.45) is 6.89. The molecule has 2 saturated heterocycles. The average molecular weight is 1520 g/mol. The van der Waals surface area contributed by atoms with Gasteiger partial charge in [-0.15, -0.1) is 23.1 Å². The Morgan fingerprint density at radius 3 is 1.87 bits per heavy atom. The molecule has 3 aliphatic rings. The number of aliphatic imine (C=N–C) groups is 2. The number of nitrogens with two attached hydrogens (primary N) is 5. The number of guanidine groups is 1. The van der Waals surface area contributed by atoms with Gasteiger partial charge in [0.25, 0.3) is 0 Å². The predicted octanol–water partition coefficient (Wildman–Crippen LogP) is 5.28. The number of hydrogen-bond acceptors (Lipinski definition) is 23. The van der Waals surface area contributed by atoms with Crippen LogP contribution in [0.2, 0.25) is 0 Å². The number of amides is 6. The second kappa shape index (κ2) is 46.1. The number of carbonyl (C=O) groups excluding carboxylic acids is 12. The molecule has 32 heteroatoms. The Hall–Kier alpha value is -8.04. The summed E-state index contributed by atoms with van der Waals surface area (Å²) in [7, 11) is 0. The van der Waals surface area contributed by atoms with Crippen molar-refractivity contribution >= 4 is 138 Å². The van der Waals surface area contributed by atoms with E-state index < -0.39 is 83.4 Å². The van der Waals surface area contributed by atoms with E-state index >= 15 is 0 Å². The number of thiazole rings is 1. The Morgan fingerprint density at radius 1 is 0.657 bits per heavy atom. The fraction of sp³-hybridized carbons (Fsp3) is 0.616. The number of carbonyl (C=O) groups is 13. The lowest BCUT2D eigenvalue weighted by Crippen LogP contribution is -2.36. The molecule has 0 radical (unpaired) electrons. The number of anilines is 1. The van der Waals surface area contributed by atoms with Gasteiger partial charge < -0.3 is 75.2 Å². The molecule has 0 bridgehead atoms. The topological polar surface area (TPSA) is 519 Å². The van der Waals surface area contributed by atoms with Crippen molar-refractivity contribution in [3.63, 3.8) is 0 Å². The summed E-state index contributed by atoms with van der Waals surface area (Å²) >= 11 is 4.48. The van der Waals surface area contributed by atoms with E-state index in [2.05, 4.69) is 36.2 Å². The Bertz CT molecular complexity index is 3530. The number of aromatic nitrogens is 1. The van der Waals surface area contributed by atoms with E-state index in [-0.39, 0.29) is 167 Å². The number of aliphatic hydroxyl groups excluding tert-OH is 2. The molecule has 0 saturated carbocycles. The summed E-state index contributed by atoms with van der Waals surface area (Å²) in [5.74, 6) is -8.80. The average Bonchev–Trinajstić information content (AvgIpc) is 1.67. The second-order valence-electron chi connectivity index (χ2n) is 27.6. The van der Waals surface area contributed by atoms with Crippen LogP contribution in [0.3, 0.4) is 0 Å². The molecule has 3 aromatic rings. The van der Waals surface area contributed by atoms with Crippen molar-refractivity contribution in [3.05, 3.63) is 53.0 Å². The highest BCUT2D eigenvalue weighted by atomic mass is 32.2. The number of Topliss-reactive ketones (excluding diaryl/α,β-unsaturated/α-hetero) is 7. The number of benzene rings is 2. The third-order valence-corrected chi connectivity index (χ3v) is 22.5. The van der Waals surface area contributed by atoms with Gasteiger partial charge in [0, 0.05) is 148 Å². The lowest BCUT2D eigenvalue weighted by Gasteiger charge is -2.22. The molecule has 29 nitrogen and oxygen atoms in total. The molecule has 0 spiro atoms. The fourth-order valence-electron chi connectivity index (χ4n) is 12.8. The van der Waals surface area contributed by atoms with E-state index in [1.54, 1.807) is 37.3 Å². The van der Waals surface area contributed by atoms with Gasteiger partial charge in [-0.3, -0.25) is 57.9 Å². The highest BCUT2D eigenvalue weighted by Gasteiger charge is 2.43. The van der Waals surface area contributed by atoms with E-state index in [1.165, 1.54) is 42.2 Å². The molecule has 18 N–H and O–H groups in total. The zero-order valence-corrected chi connectivity index (χ0v) is 62.5. The minimum absolute atomic E-state index is 0.00111. The Morgan fingerprint density at radius 2 is 1.27 bits per heavy atom. The first-order valence-electron chi connectivity index (χ1n) is 36.1. The number of carboxylic acids is 1. The zero-order valence-electron chi connectivity index (χ0n) is 60.1. The summed E-state index contributed by atoms with van der Waals surface area (Å²) in [5.41, 5.74) is 28.9. The number of phenolic OH excluding ortho intramolecular Hbond substituents is 1. The summed E-state index contributed by atoms with van der Waals surface area (Å²) in [5, 5.41) is 51.8. The third kappa shape index (κ3) is 31.9. The molecule has 11 atom stereocenters. The van der Waals surface area contributed by atoms with Crippen molar-refractivity contribution < 1.29 is 82.8 Å². The SMILES string of the molecule is CC(=O)CC(CCC(N)=O)C(=O)CC(CCC(N)=O)C(=O)CC(Cc1ccc(O)cc1)C(=O)Nc1ccc2nc(C3=NC(C(=O)O)CS3)sc2c1.CC(CO)CC(=O)C(CCCCN)CC(=O)C(CCCN=C(N)N)CC(=O)C(CO)CC(=O)CCCCCNC(=O)CCCCC1SCC2NC(=O)NC21. The molecule has 578 valence electrons. The van der Waals surface area contributed by atoms with Crippen molar-refractivity contribution in [2.45, 2.75) is 198 Å². The van der Waals surface area contributed by atoms with Gasteiger partial charge in [0.2, 0.25) is 23.6 Å². The Labute approximate surface area is 624 Å². The van der Waals surface area contributed by atoms with Gasteiger partial charge in [-0.1, -0.05) is 38.3 Å². The number of aromatic hydroxyl groups is 1. The van der Waals surface area contributed by atoms with E-state index in [9.17, 15) is 82.8 Å². The first kappa shape index (κ1) is 87.6. The van der Waals surface area contributed by atoms with Crippen LogP contribution in [0, 0.1) is 41.4 Å². The van der Waals surface area contributed by atoms with Gasteiger partial charge in [0.05, 0.1) is 28.9 Å². The molecule has 6 rings (SSSR count). The number of thioether (sulfide) groups is 2. The number of hydrogen-bond donors (Lipinski definition) is 13. The minimum atomic E-state index is -1.01. The summed E-state index contributed by atoms with van der Waals surface area (Å²) < 4.78 is 0.720. The van der Waals surface area contributed by atoms with Crippen molar-refractivity contribution in [1.82, 2.24) is 20.9 Å². The number of aliphatic hydroxyl groups is 2. The summed E-state index contributed by atoms with van der Waals surface area (Å²) in [6.45, 7) is 3.68. The number of aliphatic carboxylic acids is 1. The number of carboxylic acid groups (broad SMARTS) is 1. The van der Waals surface area contributed by atoms with E-state index in [0.717, 1.165) is 36.1 Å². The second-order valence-corrected chi connectivity index (χ2v) is 30.9. The first-order chi connectivity index (χ1) is 50.0. The quantitative estimate of drug-likeness (QED) is 0.0148. The predicted molar refractivity (Wildman–Crippen MR) is 403 cm³/mol. The van der Waals surface area contributed by atoms with Crippen LogP contribution < -0.4 is 49.9 Å². The van der Waals surface area contributed by atoms with Crippen LogP contribution in [0.5, 0.6) is 5.75 Å². The monoisotopic (exact) mass is 1520 g/mol. The number of fused-ring (bicyclic) bond motifs is 2. The van der Waals surface area contributed by atoms with Crippen LogP contribution in [0.15, 0.2) is 52.4 Å². The number of primary amides is 2. The number of urea groups is 1. The van der Waals surface area contributed by atoms with Crippen LogP contribution >= 0.6 is 34.9 Å². The number of ketones is 7. The molecular weight excluding hydrogens is 1410 g/mol. The highest BCUT2D eigenvalue weighted by molar-refractivity contribution is 8.15. The number of nitrogens with zero attached hydrogens (tertiary/aromatic N) is 3. The van der Waals surface area contributed by atoms with Gasteiger partial charge in [-0.05, 0) is 126 Å². The molecule has 6 amide bonds. The van der Waals surface area contributed by atoms with Gasteiger partial charge in [0.1, 0.15) is 56.3 Å². The van der Waals surface area contributed by atoms with Crippen molar-refractivity contribution in [1.29, 1.82) is 0 Å².